The number of rotatable bonds is 6. The zero-order valence-electron chi connectivity index (χ0n) is 65.6. The Morgan fingerprint density at radius 3 is 1.28 bits per heavy atom. The first-order valence-electron chi connectivity index (χ1n) is 40.5. The number of anilines is 3. The summed E-state index contributed by atoms with van der Waals surface area (Å²) in [4.78, 5) is 5.36. The van der Waals surface area contributed by atoms with Crippen LogP contribution in [0, 0.1) is 0 Å². The molecule has 0 saturated heterocycles. The molecular weight excluding hydrogens is 1410 g/mol. The minimum absolute atomic E-state index is 0.108. The van der Waals surface area contributed by atoms with E-state index in [0.717, 1.165) is 0 Å². The van der Waals surface area contributed by atoms with Crippen LogP contribution in [0.3, 0.4) is 0 Å². The third-order valence-electron chi connectivity index (χ3n) is 26.4. The Balaban J connectivity index is 0.798. The zero-order valence-corrected chi connectivity index (χ0v) is 67.2. The molecule has 23 rings (SSSR count). The fourth-order valence-electron chi connectivity index (χ4n) is 21.1. The average molecular weight is 1490 g/mol. The van der Waals surface area contributed by atoms with Crippen molar-refractivity contribution in [2.24, 2.45) is 0 Å². The summed E-state index contributed by atoms with van der Waals surface area (Å²) in [5.74, 6) is 0. The van der Waals surface area contributed by atoms with Gasteiger partial charge in [-0.15, -0.1) is 11.3 Å². The Morgan fingerprint density at radius 2 is 0.719 bits per heavy atom. The molecule has 2 aliphatic heterocycles. The van der Waals surface area contributed by atoms with Gasteiger partial charge in [0.25, 0.3) is 0 Å². The summed E-state index contributed by atoms with van der Waals surface area (Å²) in [5, 5.41) is 2.63. The SMILES string of the molecule is CC(C)(C)c1cc(-c2cc3c4c(c2)N(c2c(-c5ccccc5)cc(C(C)(C)C)cc2-c2ccccc2)c2ccc(-c5ccc6c(c5)-c5ccccc5C65c6ccccc6-c6ccccc65)cc2B4c2ccc4sc5ccc(-c6cccc7c6-c6ccccc6C76c7ccccc7-c7ccccc76)cc5c4c2S3)cc(C(C)(C)C)c1. The first-order chi connectivity index (χ1) is 55.4. The molecule has 0 atom stereocenters. The van der Waals surface area contributed by atoms with Gasteiger partial charge in [-0.1, -0.05) is 359 Å². The summed E-state index contributed by atoms with van der Waals surface area (Å²) in [6, 6.07) is 130. The second-order valence-corrected chi connectivity index (χ2v) is 37.8. The topological polar surface area (TPSA) is 3.24 Å². The van der Waals surface area contributed by atoms with E-state index in [-0.39, 0.29) is 23.0 Å². The van der Waals surface area contributed by atoms with Crippen LogP contribution in [0.25, 0.3) is 120 Å². The molecule has 4 heteroatoms. The van der Waals surface area contributed by atoms with Gasteiger partial charge in [0.05, 0.1) is 16.5 Å². The lowest BCUT2D eigenvalue weighted by atomic mass is 9.34. The molecule has 6 aliphatic rings. The van der Waals surface area contributed by atoms with E-state index >= 15 is 0 Å². The summed E-state index contributed by atoms with van der Waals surface area (Å²) in [6.45, 7) is 21.2. The molecule has 0 saturated carbocycles. The van der Waals surface area contributed by atoms with Gasteiger partial charge < -0.3 is 4.90 Å². The molecule has 0 radical (unpaired) electrons. The number of nitrogens with zero attached hydrogens (tertiary/aromatic N) is 1. The molecule has 17 aromatic rings. The van der Waals surface area contributed by atoms with E-state index in [4.69, 9.17) is 0 Å². The third kappa shape index (κ3) is 9.44. The van der Waals surface area contributed by atoms with Gasteiger partial charge >= 0.3 is 0 Å². The molecule has 3 heterocycles. The minimum atomic E-state index is -0.449. The van der Waals surface area contributed by atoms with E-state index in [1.54, 1.807) is 0 Å². The summed E-state index contributed by atoms with van der Waals surface area (Å²) in [7, 11) is 0. The van der Waals surface area contributed by atoms with Crippen molar-refractivity contribution in [3.8, 4) is 100 Å². The van der Waals surface area contributed by atoms with E-state index in [1.165, 1.54) is 225 Å². The van der Waals surface area contributed by atoms with Crippen LogP contribution < -0.4 is 21.3 Å². The van der Waals surface area contributed by atoms with Gasteiger partial charge in [0.15, 0.2) is 0 Å². The zero-order chi connectivity index (χ0) is 76.6. The van der Waals surface area contributed by atoms with Crippen LogP contribution in [0.5, 0.6) is 0 Å². The van der Waals surface area contributed by atoms with Crippen molar-refractivity contribution in [3.63, 3.8) is 0 Å². The number of benzene rings is 16. The maximum atomic E-state index is 2.74. The smallest absolute Gasteiger partial charge is 0.249 e. The Kier molecular flexibility index (Phi) is 14.4. The maximum Gasteiger partial charge on any atom is 0.249 e. The lowest BCUT2D eigenvalue weighted by molar-refractivity contribution is 0.569. The van der Waals surface area contributed by atoms with Crippen LogP contribution in [0.4, 0.5) is 17.1 Å². The molecule has 0 fully saturated rings. The summed E-state index contributed by atoms with van der Waals surface area (Å²) < 4.78 is 2.60. The molecule has 0 unspecified atom stereocenters. The second kappa shape index (κ2) is 24.2. The molecule has 114 heavy (non-hydrogen) atoms. The molecule has 0 N–H and O–H groups in total. The molecule has 0 bridgehead atoms. The predicted molar refractivity (Wildman–Crippen MR) is 485 cm³/mol. The van der Waals surface area contributed by atoms with E-state index in [0.29, 0.717) is 0 Å². The standard InChI is InChI=1S/C110H82BNS2/c1-106(2,3)72-55-70(56-73(62-72)107(4,5)6)71-60-97-103-100(61-71)114-105-94(51-54-99-102(105)85-58-69(49-53-98(85)113-99)75-39-28-46-93-101(75)81-38-21-27-45-91(81)110(93)88-42-24-18-35-78(88)79-36-19-25-43-89(79)110)111(103)95-59-68(48-52-96(95)112(97)104-82(65-29-12-10-13-30-65)63-74(108(7,8)9)64-83(104)66-31-14-11-15-32-66)67-47-50-92-84(57-67)80-37-20-26-44-90(80)109(92)86-40-22-16-33-76(86)77-34-17-23-41-87(77)109/h10-64H,1-9H3. The molecule has 2 spiro atoms. The molecule has 1 nitrogen and oxygen atoms in total. The van der Waals surface area contributed by atoms with Gasteiger partial charge in [0.2, 0.25) is 6.71 Å². The van der Waals surface area contributed by atoms with Gasteiger partial charge in [0.1, 0.15) is 0 Å². The van der Waals surface area contributed by atoms with E-state index < -0.39 is 10.8 Å². The van der Waals surface area contributed by atoms with Crippen LogP contribution in [0.15, 0.2) is 343 Å². The second-order valence-electron chi connectivity index (χ2n) is 35.7. The van der Waals surface area contributed by atoms with E-state index in [2.05, 4.69) is 401 Å². The quantitative estimate of drug-likeness (QED) is 0.153. The third-order valence-corrected chi connectivity index (χ3v) is 28.7. The lowest BCUT2D eigenvalue weighted by Crippen LogP contribution is -2.60. The highest BCUT2D eigenvalue weighted by Gasteiger charge is 2.54. The van der Waals surface area contributed by atoms with E-state index in [1.807, 2.05) is 23.1 Å². The number of thiophene rings is 1. The van der Waals surface area contributed by atoms with Gasteiger partial charge in [-0.3, -0.25) is 0 Å². The first kappa shape index (κ1) is 67.6. The highest BCUT2D eigenvalue weighted by atomic mass is 32.2. The average Bonchev–Trinajstić information content (AvgIpc) is 1.37. The Bertz CT molecular complexity index is 6850. The lowest BCUT2D eigenvalue weighted by Gasteiger charge is -2.42. The van der Waals surface area contributed by atoms with Crippen molar-refractivity contribution in [2.45, 2.75) is 99.2 Å². The molecule has 16 aromatic carbocycles. The Morgan fingerprint density at radius 1 is 0.281 bits per heavy atom. The van der Waals surface area contributed by atoms with Crippen LogP contribution in [-0.2, 0) is 27.1 Å². The van der Waals surface area contributed by atoms with Crippen molar-refractivity contribution in [1.29, 1.82) is 0 Å². The number of hydrogen-bond donors (Lipinski definition) is 0. The van der Waals surface area contributed by atoms with E-state index in [9.17, 15) is 0 Å². The fourth-order valence-corrected chi connectivity index (χ4v) is 23.7. The van der Waals surface area contributed by atoms with Gasteiger partial charge in [-0.2, -0.15) is 0 Å². The first-order valence-corrected chi connectivity index (χ1v) is 42.2. The van der Waals surface area contributed by atoms with Gasteiger partial charge in [-0.05, 0) is 232 Å². The maximum absolute atomic E-state index is 2.74. The van der Waals surface area contributed by atoms with Crippen LogP contribution in [0.1, 0.15) is 124 Å². The van der Waals surface area contributed by atoms with Crippen LogP contribution >= 0.6 is 23.1 Å². The Hall–Kier alpha value is -12.0. The highest BCUT2D eigenvalue weighted by Crippen LogP contribution is 2.66. The van der Waals surface area contributed by atoms with Crippen molar-refractivity contribution in [3.05, 3.63) is 395 Å². The van der Waals surface area contributed by atoms with Crippen molar-refractivity contribution < 1.29 is 0 Å². The van der Waals surface area contributed by atoms with Crippen molar-refractivity contribution >= 4 is 83.4 Å². The molecule has 4 aliphatic carbocycles. The largest absolute Gasteiger partial charge is 0.310 e. The predicted octanol–water partition coefficient (Wildman–Crippen LogP) is 27.7. The molecule has 0 amide bonds. The summed E-state index contributed by atoms with van der Waals surface area (Å²) >= 11 is 3.94. The van der Waals surface area contributed by atoms with Crippen LogP contribution in [-0.4, -0.2) is 6.71 Å². The Labute approximate surface area is 677 Å². The molecule has 1 aromatic heterocycles. The normalized spacial score (nSPS) is 14.4. The fraction of sp³-hybridized carbons (Fsp3) is 0.127. The van der Waals surface area contributed by atoms with Crippen LogP contribution in [0.2, 0.25) is 0 Å². The van der Waals surface area contributed by atoms with Crippen molar-refractivity contribution in [2.75, 3.05) is 4.90 Å². The molecule has 542 valence electrons. The monoisotopic (exact) mass is 1490 g/mol. The summed E-state index contributed by atoms with van der Waals surface area (Å²) in [5.41, 5.74) is 43.7. The number of hydrogen-bond acceptors (Lipinski definition) is 3. The van der Waals surface area contributed by atoms with Crippen molar-refractivity contribution in [1.82, 2.24) is 0 Å². The van der Waals surface area contributed by atoms with Gasteiger partial charge in [0, 0.05) is 52.5 Å². The highest BCUT2D eigenvalue weighted by molar-refractivity contribution is 8.00. The van der Waals surface area contributed by atoms with Gasteiger partial charge in [-0.25, -0.2) is 0 Å². The minimum Gasteiger partial charge on any atom is -0.310 e. The molecular formula is C110H82BNS2. The number of fused-ring (bicyclic) bond motifs is 28. The summed E-state index contributed by atoms with van der Waals surface area (Å²) in [6.07, 6.45) is 0.